The average Bonchev–Trinajstić information content (AvgIpc) is 3.18. The van der Waals surface area contributed by atoms with Crippen LogP contribution in [0.15, 0.2) is 48.8 Å². The third-order valence-electron chi connectivity index (χ3n) is 5.37. The second kappa shape index (κ2) is 7.43. The highest BCUT2D eigenvalue weighted by Crippen LogP contribution is 2.34. The Morgan fingerprint density at radius 3 is 2.85 bits per heavy atom. The fourth-order valence-electron chi connectivity index (χ4n) is 4.02. The van der Waals surface area contributed by atoms with E-state index in [9.17, 15) is 9.90 Å². The van der Waals surface area contributed by atoms with Crippen molar-refractivity contribution >= 4 is 5.91 Å². The number of benzene rings is 1. The van der Waals surface area contributed by atoms with Crippen LogP contribution in [0.5, 0.6) is 5.75 Å². The minimum Gasteiger partial charge on any atom is -0.508 e. The van der Waals surface area contributed by atoms with E-state index in [4.69, 9.17) is 0 Å². The third kappa shape index (κ3) is 3.30. The number of nitrogens with one attached hydrogen (secondary N) is 2. The molecule has 1 amide bonds. The summed E-state index contributed by atoms with van der Waals surface area (Å²) < 4.78 is 0. The van der Waals surface area contributed by atoms with Crippen LogP contribution < -0.4 is 10.9 Å². The molecule has 0 bridgehead atoms. The fraction of sp³-hybridized carbons (Fsp3) is 0.400. The Morgan fingerprint density at radius 1 is 1.15 bits per heavy atom. The molecule has 26 heavy (non-hydrogen) atoms. The molecule has 1 aromatic carbocycles. The molecular formula is C20H24N4O2. The van der Waals surface area contributed by atoms with Crippen molar-refractivity contribution in [2.24, 2.45) is 0 Å². The van der Waals surface area contributed by atoms with Gasteiger partial charge in [-0.1, -0.05) is 24.3 Å². The number of rotatable bonds is 3. The summed E-state index contributed by atoms with van der Waals surface area (Å²) in [7, 11) is 0. The quantitative estimate of drug-likeness (QED) is 0.791. The van der Waals surface area contributed by atoms with Crippen LogP contribution in [0.1, 0.15) is 48.9 Å². The van der Waals surface area contributed by atoms with Crippen LogP contribution in [-0.4, -0.2) is 33.5 Å². The van der Waals surface area contributed by atoms with Gasteiger partial charge in [-0.05, 0) is 43.4 Å². The molecule has 1 aromatic heterocycles. The molecular weight excluding hydrogens is 328 g/mol. The number of carbonyl (C=O) groups excluding carboxylic acids is 1. The minimum absolute atomic E-state index is 0.0771. The van der Waals surface area contributed by atoms with E-state index in [0.29, 0.717) is 6.42 Å². The lowest BCUT2D eigenvalue weighted by atomic mass is 9.94. The number of hydrogen-bond acceptors (Lipinski definition) is 5. The Bertz CT molecular complexity index is 767. The number of aromatic nitrogens is 1. The van der Waals surface area contributed by atoms with Gasteiger partial charge in [0.25, 0.3) is 0 Å². The summed E-state index contributed by atoms with van der Waals surface area (Å²) in [6, 6.07) is 11.0. The van der Waals surface area contributed by atoms with Crippen molar-refractivity contribution in [2.75, 3.05) is 6.54 Å². The first-order valence-electron chi connectivity index (χ1n) is 9.23. The van der Waals surface area contributed by atoms with Gasteiger partial charge in [0.05, 0.1) is 12.1 Å². The zero-order valence-corrected chi connectivity index (χ0v) is 14.6. The summed E-state index contributed by atoms with van der Waals surface area (Å²) in [6.07, 6.45) is 7.37. The molecule has 3 unspecified atom stereocenters. The van der Waals surface area contributed by atoms with Crippen molar-refractivity contribution in [3.8, 4) is 5.75 Å². The molecule has 2 saturated heterocycles. The van der Waals surface area contributed by atoms with Gasteiger partial charge in [0.1, 0.15) is 11.8 Å². The van der Waals surface area contributed by atoms with Crippen LogP contribution in [0.2, 0.25) is 0 Å². The lowest BCUT2D eigenvalue weighted by Gasteiger charge is -2.37. The van der Waals surface area contributed by atoms with Crippen LogP contribution in [0.3, 0.4) is 0 Å². The molecule has 0 saturated carbocycles. The van der Waals surface area contributed by atoms with Crippen LogP contribution in [0, 0.1) is 0 Å². The molecule has 2 aliphatic heterocycles. The SMILES string of the molecule is O=C(C1CC(c2ccccc2O)NN1)N1CCCCC1c1cccnc1. The smallest absolute Gasteiger partial charge is 0.241 e. The van der Waals surface area contributed by atoms with Gasteiger partial charge in [0, 0.05) is 24.5 Å². The zero-order chi connectivity index (χ0) is 17.9. The van der Waals surface area contributed by atoms with E-state index in [1.54, 1.807) is 18.3 Å². The number of phenols is 1. The van der Waals surface area contributed by atoms with Crippen molar-refractivity contribution in [3.63, 3.8) is 0 Å². The number of hydrazine groups is 1. The van der Waals surface area contributed by atoms with Crippen LogP contribution in [0.25, 0.3) is 0 Å². The van der Waals surface area contributed by atoms with Crippen LogP contribution in [-0.2, 0) is 4.79 Å². The van der Waals surface area contributed by atoms with E-state index in [2.05, 4.69) is 21.9 Å². The summed E-state index contributed by atoms with van der Waals surface area (Å²) >= 11 is 0. The van der Waals surface area contributed by atoms with Gasteiger partial charge in [-0.25, -0.2) is 10.9 Å². The zero-order valence-electron chi connectivity index (χ0n) is 14.6. The maximum absolute atomic E-state index is 13.2. The predicted octanol–water partition coefficient (Wildman–Crippen LogP) is 2.45. The molecule has 4 rings (SSSR count). The van der Waals surface area contributed by atoms with Gasteiger partial charge in [0.15, 0.2) is 0 Å². The predicted molar refractivity (Wildman–Crippen MR) is 98.1 cm³/mol. The Labute approximate surface area is 153 Å². The molecule has 2 aromatic rings. The van der Waals surface area contributed by atoms with E-state index < -0.39 is 0 Å². The van der Waals surface area contributed by atoms with Crippen molar-refractivity contribution in [1.29, 1.82) is 0 Å². The fourth-order valence-corrected chi connectivity index (χ4v) is 4.02. The normalized spacial score (nSPS) is 26.0. The molecule has 3 N–H and O–H groups in total. The highest BCUT2D eigenvalue weighted by molar-refractivity contribution is 5.83. The number of aromatic hydroxyl groups is 1. The first kappa shape index (κ1) is 17.0. The number of amides is 1. The van der Waals surface area contributed by atoms with Crippen molar-refractivity contribution in [2.45, 2.75) is 43.8 Å². The number of phenolic OH excluding ortho intramolecular Hbond substituents is 1. The van der Waals surface area contributed by atoms with Gasteiger partial charge < -0.3 is 10.0 Å². The number of piperidine rings is 1. The molecule has 6 nitrogen and oxygen atoms in total. The molecule has 2 aliphatic rings. The number of pyridine rings is 1. The first-order chi connectivity index (χ1) is 12.7. The summed E-state index contributed by atoms with van der Waals surface area (Å²) in [5.41, 5.74) is 8.22. The van der Waals surface area contributed by atoms with E-state index >= 15 is 0 Å². The van der Waals surface area contributed by atoms with Gasteiger partial charge in [-0.15, -0.1) is 0 Å². The first-order valence-corrected chi connectivity index (χ1v) is 9.23. The highest BCUT2D eigenvalue weighted by atomic mass is 16.3. The summed E-state index contributed by atoms with van der Waals surface area (Å²) in [6.45, 7) is 0.776. The molecule has 136 valence electrons. The molecule has 0 spiro atoms. The number of para-hydroxylation sites is 1. The summed E-state index contributed by atoms with van der Waals surface area (Å²) in [5, 5.41) is 10.1. The lowest BCUT2D eigenvalue weighted by Crippen LogP contribution is -2.48. The second-order valence-corrected chi connectivity index (χ2v) is 7.02. The van der Waals surface area contributed by atoms with Crippen molar-refractivity contribution in [3.05, 3.63) is 59.9 Å². The van der Waals surface area contributed by atoms with E-state index in [1.165, 1.54) is 0 Å². The van der Waals surface area contributed by atoms with Gasteiger partial charge in [-0.3, -0.25) is 9.78 Å². The Balaban J connectivity index is 1.49. The van der Waals surface area contributed by atoms with Crippen LogP contribution in [0.4, 0.5) is 0 Å². The molecule has 6 heteroatoms. The Hall–Kier alpha value is -2.44. The van der Waals surface area contributed by atoms with Crippen molar-refractivity contribution < 1.29 is 9.90 Å². The lowest BCUT2D eigenvalue weighted by molar-refractivity contribution is -0.137. The topological polar surface area (TPSA) is 77.5 Å². The molecule has 3 atom stereocenters. The van der Waals surface area contributed by atoms with Gasteiger partial charge in [0.2, 0.25) is 5.91 Å². The number of likely N-dealkylation sites (tertiary alicyclic amines) is 1. The summed E-state index contributed by atoms with van der Waals surface area (Å²) in [5.74, 6) is 0.370. The third-order valence-corrected chi connectivity index (χ3v) is 5.37. The Morgan fingerprint density at radius 2 is 2.04 bits per heavy atom. The van der Waals surface area contributed by atoms with E-state index in [0.717, 1.165) is 36.9 Å². The monoisotopic (exact) mass is 352 g/mol. The molecule has 2 fully saturated rings. The van der Waals surface area contributed by atoms with E-state index in [-0.39, 0.29) is 29.8 Å². The van der Waals surface area contributed by atoms with Crippen LogP contribution >= 0.6 is 0 Å². The number of nitrogens with zero attached hydrogens (tertiary/aromatic N) is 2. The molecule has 0 aliphatic carbocycles. The average molecular weight is 352 g/mol. The van der Waals surface area contributed by atoms with E-state index in [1.807, 2.05) is 29.3 Å². The molecule has 0 radical (unpaired) electrons. The minimum atomic E-state index is -0.295. The largest absolute Gasteiger partial charge is 0.508 e. The van der Waals surface area contributed by atoms with Gasteiger partial charge >= 0.3 is 0 Å². The Kier molecular flexibility index (Phi) is 4.86. The maximum Gasteiger partial charge on any atom is 0.241 e. The highest BCUT2D eigenvalue weighted by Gasteiger charge is 2.37. The summed E-state index contributed by atoms with van der Waals surface area (Å²) in [4.78, 5) is 19.4. The number of carbonyl (C=O) groups is 1. The maximum atomic E-state index is 13.2. The van der Waals surface area contributed by atoms with Gasteiger partial charge in [-0.2, -0.15) is 0 Å². The molecule has 3 heterocycles. The second-order valence-electron chi connectivity index (χ2n) is 7.02. The standard InChI is InChI=1S/C20H24N4O2/c25-19-9-2-1-7-15(19)16-12-17(23-22-16)20(26)24-11-4-3-8-18(24)14-6-5-10-21-13-14/h1-2,5-7,9-10,13,16-18,22-23,25H,3-4,8,11-12H2. The number of hydrogen-bond donors (Lipinski definition) is 3. The van der Waals surface area contributed by atoms with Crippen molar-refractivity contribution in [1.82, 2.24) is 20.7 Å².